The highest BCUT2D eigenvalue weighted by Gasteiger charge is 2.11. The lowest BCUT2D eigenvalue weighted by Gasteiger charge is -2.12. The summed E-state index contributed by atoms with van der Waals surface area (Å²) >= 11 is 1.08. The van der Waals surface area contributed by atoms with Crippen molar-refractivity contribution in [1.82, 2.24) is 4.57 Å². The van der Waals surface area contributed by atoms with E-state index >= 15 is 0 Å². The number of methoxy groups -OCH3 is 1. The summed E-state index contributed by atoms with van der Waals surface area (Å²) in [6.07, 6.45) is 0. The maximum Gasteiger partial charge on any atom is 0.307 e. The Morgan fingerprint density at radius 3 is 2.73 bits per heavy atom. The normalized spacial score (nSPS) is 10.3. The van der Waals surface area contributed by atoms with Gasteiger partial charge in [-0.15, -0.1) is 0 Å². The molecule has 22 heavy (non-hydrogen) atoms. The molecule has 1 heterocycles. The van der Waals surface area contributed by atoms with Gasteiger partial charge in [-0.2, -0.15) is 0 Å². The van der Waals surface area contributed by atoms with Gasteiger partial charge in [-0.05, 0) is 26.0 Å². The molecule has 0 radical (unpaired) electrons. The number of carbonyl (C=O) groups is 1. The molecule has 0 saturated heterocycles. The lowest BCUT2D eigenvalue weighted by molar-refractivity contribution is -0.116. The number of rotatable bonds is 6. The Morgan fingerprint density at radius 2 is 2.14 bits per heavy atom. The zero-order valence-corrected chi connectivity index (χ0v) is 13.5. The third kappa shape index (κ3) is 3.67. The number of ether oxygens (including phenoxy) is 2. The predicted octanol–water partition coefficient (Wildman–Crippen LogP) is 2.26. The third-order valence-corrected chi connectivity index (χ3v) is 3.91. The summed E-state index contributed by atoms with van der Waals surface area (Å²) in [6.45, 7) is 4.20. The van der Waals surface area contributed by atoms with Gasteiger partial charge < -0.3 is 14.8 Å². The van der Waals surface area contributed by atoms with E-state index in [0.717, 1.165) is 17.0 Å². The van der Waals surface area contributed by atoms with E-state index in [9.17, 15) is 9.59 Å². The van der Waals surface area contributed by atoms with Crippen LogP contribution in [0.3, 0.4) is 0 Å². The first-order chi connectivity index (χ1) is 10.5. The maximum atomic E-state index is 12.1. The number of aromatic nitrogens is 1. The van der Waals surface area contributed by atoms with E-state index in [4.69, 9.17) is 9.47 Å². The number of hydrogen-bond acceptors (Lipinski definition) is 5. The molecule has 1 aromatic carbocycles. The number of benzene rings is 1. The van der Waals surface area contributed by atoms with Crippen molar-refractivity contribution in [1.29, 1.82) is 0 Å². The highest BCUT2D eigenvalue weighted by atomic mass is 32.1. The summed E-state index contributed by atoms with van der Waals surface area (Å²) in [5.74, 6) is 0.895. The molecular formula is C15H18N2O4S. The molecule has 0 bridgehead atoms. The first-order valence-electron chi connectivity index (χ1n) is 6.80. The second-order valence-electron chi connectivity index (χ2n) is 4.58. The van der Waals surface area contributed by atoms with Gasteiger partial charge in [0.1, 0.15) is 6.54 Å². The number of aryl methyl sites for hydroxylation is 1. The number of thiazole rings is 1. The van der Waals surface area contributed by atoms with Crippen molar-refractivity contribution >= 4 is 22.9 Å². The minimum atomic E-state index is -0.269. The van der Waals surface area contributed by atoms with Crippen LogP contribution < -0.4 is 19.7 Å². The van der Waals surface area contributed by atoms with Gasteiger partial charge in [-0.1, -0.05) is 11.3 Å². The van der Waals surface area contributed by atoms with Gasteiger partial charge in [0.15, 0.2) is 11.5 Å². The van der Waals surface area contributed by atoms with Crippen molar-refractivity contribution in [3.05, 3.63) is 38.9 Å². The lowest BCUT2D eigenvalue weighted by atomic mass is 10.2. The van der Waals surface area contributed by atoms with Crippen molar-refractivity contribution in [2.45, 2.75) is 20.4 Å². The summed E-state index contributed by atoms with van der Waals surface area (Å²) in [6, 6.07) is 5.15. The largest absolute Gasteiger partial charge is 0.493 e. The van der Waals surface area contributed by atoms with E-state index in [1.165, 1.54) is 11.7 Å². The molecule has 1 aromatic heterocycles. The first-order valence-corrected chi connectivity index (χ1v) is 7.68. The smallest absolute Gasteiger partial charge is 0.307 e. The molecule has 0 aliphatic rings. The zero-order chi connectivity index (χ0) is 16.1. The van der Waals surface area contributed by atoms with E-state index in [1.807, 2.05) is 6.92 Å². The lowest BCUT2D eigenvalue weighted by Crippen LogP contribution is -2.25. The molecule has 1 N–H and O–H groups in total. The minimum absolute atomic E-state index is 0.0102. The molecular weight excluding hydrogens is 304 g/mol. The molecule has 6 nitrogen and oxygen atoms in total. The van der Waals surface area contributed by atoms with Gasteiger partial charge >= 0.3 is 4.87 Å². The first kappa shape index (κ1) is 16.1. The van der Waals surface area contributed by atoms with Crippen molar-refractivity contribution in [2.24, 2.45) is 0 Å². The summed E-state index contributed by atoms with van der Waals surface area (Å²) in [7, 11) is 1.54. The SMILES string of the molecule is CCOc1ccc(NC(=O)Cn2c(C)csc2=O)cc1OC. The van der Waals surface area contributed by atoms with Gasteiger partial charge in [0, 0.05) is 22.8 Å². The zero-order valence-electron chi connectivity index (χ0n) is 12.7. The standard InChI is InChI=1S/C15H18N2O4S/c1-4-21-12-6-5-11(7-13(12)20-3)16-14(18)8-17-10(2)9-22-15(17)19/h5-7,9H,4,8H2,1-3H3,(H,16,18). The fourth-order valence-electron chi connectivity index (χ4n) is 1.96. The summed E-state index contributed by atoms with van der Waals surface area (Å²) < 4.78 is 12.1. The third-order valence-electron chi connectivity index (χ3n) is 3.03. The monoisotopic (exact) mass is 322 g/mol. The highest BCUT2D eigenvalue weighted by Crippen LogP contribution is 2.30. The molecule has 0 aliphatic carbocycles. The van der Waals surface area contributed by atoms with Crippen LogP contribution in [0.25, 0.3) is 0 Å². The van der Waals surface area contributed by atoms with Crippen LogP contribution in [0.4, 0.5) is 5.69 Å². The number of amides is 1. The molecule has 0 atom stereocenters. The van der Waals surface area contributed by atoms with E-state index in [1.54, 1.807) is 30.5 Å². The van der Waals surface area contributed by atoms with Gasteiger partial charge in [0.2, 0.25) is 5.91 Å². The van der Waals surface area contributed by atoms with Crippen LogP contribution in [0.2, 0.25) is 0 Å². The summed E-state index contributed by atoms with van der Waals surface area (Å²) in [5, 5.41) is 4.48. The Balaban J connectivity index is 2.10. The Morgan fingerprint density at radius 1 is 1.36 bits per heavy atom. The number of anilines is 1. The fourth-order valence-corrected chi connectivity index (χ4v) is 2.69. The molecule has 1 amide bonds. The molecule has 2 aromatic rings. The van der Waals surface area contributed by atoms with Crippen molar-refractivity contribution in [2.75, 3.05) is 19.0 Å². The molecule has 0 spiro atoms. The van der Waals surface area contributed by atoms with Gasteiger partial charge in [-0.3, -0.25) is 14.2 Å². The fraction of sp³-hybridized carbons (Fsp3) is 0.333. The van der Waals surface area contributed by atoms with Gasteiger partial charge in [0.25, 0.3) is 0 Å². The van der Waals surface area contributed by atoms with E-state index in [0.29, 0.717) is 23.8 Å². The molecule has 0 unspecified atom stereocenters. The number of nitrogens with zero attached hydrogens (tertiary/aromatic N) is 1. The van der Waals surface area contributed by atoms with Crippen molar-refractivity contribution in [3.63, 3.8) is 0 Å². The molecule has 2 rings (SSSR count). The topological polar surface area (TPSA) is 69.6 Å². The molecule has 0 aliphatic heterocycles. The summed E-state index contributed by atoms with van der Waals surface area (Å²) in [4.78, 5) is 23.5. The minimum Gasteiger partial charge on any atom is -0.493 e. The Labute approximate surface area is 132 Å². The van der Waals surface area contributed by atoms with Gasteiger partial charge in [0.05, 0.1) is 13.7 Å². The number of carbonyl (C=O) groups excluding carboxylic acids is 1. The quantitative estimate of drug-likeness (QED) is 0.886. The van der Waals surface area contributed by atoms with E-state index in [-0.39, 0.29) is 17.3 Å². The second kappa shape index (κ2) is 7.13. The Kier molecular flexibility index (Phi) is 5.21. The number of nitrogens with one attached hydrogen (secondary N) is 1. The van der Waals surface area contributed by atoms with Crippen LogP contribution in [0.1, 0.15) is 12.6 Å². The Hall–Kier alpha value is -2.28. The van der Waals surface area contributed by atoms with Crippen LogP contribution in [-0.4, -0.2) is 24.2 Å². The van der Waals surface area contributed by atoms with Crippen LogP contribution in [-0.2, 0) is 11.3 Å². The molecule has 0 saturated carbocycles. The molecule has 0 fully saturated rings. The van der Waals surface area contributed by atoms with Crippen LogP contribution in [0.15, 0.2) is 28.4 Å². The second-order valence-corrected chi connectivity index (χ2v) is 5.40. The molecule has 118 valence electrons. The molecule has 7 heteroatoms. The van der Waals surface area contributed by atoms with Crippen LogP contribution in [0, 0.1) is 6.92 Å². The van der Waals surface area contributed by atoms with Crippen molar-refractivity contribution in [3.8, 4) is 11.5 Å². The predicted molar refractivity (Wildman–Crippen MR) is 86.1 cm³/mol. The highest BCUT2D eigenvalue weighted by molar-refractivity contribution is 7.07. The van der Waals surface area contributed by atoms with Gasteiger partial charge in [-0.25, -0.2) is 0 Å². The average molecular weight is 322 g/mol. The average Bonchev–Trinajstić information content (AvgIpc) is 2.81. The Bertz CT molecular complexity index is 721. The van der Waals surface area contributed by atoms with E-state index in [2.05, 4.69) is 5.32 Å². The maximum absolute atomic E-state index is 12.1. The summed E-state index contributed by atoms with van der Waals surface area (Å²) in [5.41, 5.74) is 1.36. The van der Waals surface area contributed by atoms with Crippen molar-refractivity contribution < 1.29 is 14.3 Å². The van der Waals surface area contributed by atoms with Crippen LogP contribution in [0.5, 0.6) is 11.5 Å². The number of hydrogen-bond donors (Lipinski definition) is 1. The van der Waals surface area contributed by atoms with E-state index < -0.39 is 0 Å². The van der Waals surface area contributed by atoms with Crippen LogP contribution >= 0.6 is 11.3 Å².